The summed E-state index contributed by atoms with van der Waals surface area (Å²) in [4.78, 5) is 0. The average Bonchev–Trinajstić information content (AvgIpc) is 2.36. The highest BCUT2D eigenvalue weighted by molar-refractivity contribution is 5.85. The van der Waals surface area contributed by atoms with Crippen molar-refractivity contribution >= 4 is 12.4 Å². The Kier molecular flexibility index (Phi) is 4.97. The van der Waals surface area contributed by atoms with Gasteiger partial charge in [0.25, 0.3) is 0 Å². The van der Waals surface area contributed by atoms with Crippen molar-refractivity contribution in [2.45, 2.75) is 19.4 Å². The van der Waals surface area contributed by atoms with E-state index in [9.17, 15) is 0 Å². The monoisotopic (exact) mass is 190 g/mol. The van der Waals surface area contributed by atoms with Gasteiger partial charge in [-0.2, -0.15) is 0 Å². The van der Waals surface area contributed by atoms with Gasteiger partial charge in [-0.05, 0) is 32.0 Å². The van der Waals surface area contributed by atoms with Gasteiger partial charge in [0.1, 0.15) is 11.5 Å². The van der Waals surface area contributed by atoms with E-state index in [2.05, 4.69) is 0 Å². The van der Waals surface area contributed by atoms with E-state index in [0.29, 0.717) is 6.54 Å². The molecule has 12 heavy (non-hydrogen) atoms. The van der Waals surface area contributed by atoms with Crippen molar-refractivity contribution < 1.29 is 4.42 Å². The van der Waals surface area contributed by atoms with Gasteiger partial charge in [-0.25, -0.2) is 0 Å². The first-order chi connectivity index (χ1) is 5.24. The maximum atomic E-state index is 5.75. The molecule has 0 saturated heterocycles. The Morgan fingerprint density at radius 1 is 1.50 bits per heavy atom. The highest BCUT2D eigenvalue weighted by Crippen LogP contribution is 2.15. The van der Waals surface area contributed by atoms with Crippen LogP contribution in [0, 0.1) is 6.92 Å². The molecule has 0 radical (unpaired) electrons. The molecule has 1 heterocycles. The van der Waals surface area contributed by atoms with Gasteiger partial charge in [0.2, 0.25) is 0 Å². The molecular formula is C8H15ClN2O. The van der Waals surface area contributed by atoms with Gasteiger partial charge in [0.15, 0.2) is 0 Å². The minimum atomic E-state index is -0.0475. The van der Waals surface area contributed by atoms with Gasteiger partial charge in [-0.15, -0.1) is 12.4 Å². The van der Waals surface area contributed by atoms with E-state index in [-0.39, 0.29) is 18.4 Å². The minimum absolute atomic E-state index is 0. The molecule has 0 saturated carbocycles. The topological polar surface area (TPSA) is 65.2 Å². The second kappa shape index (κ2) is 5.19. The summed E-state index contributed by atoms with van der Waals surface area (Å²) in [6, 6.07) is 3.76. The summed E-state index contributed by atoms with van der Waals surface area (Å²) in [6.07, 6.45) is 0.771. The van der Waals surface area contributed by atoms with Gasteiger partial charge in [0.05, 0.1) is 6.04 Å². The van der Waals surface area contributed by atoms with Crippen molar-refractivity contribution in [1.29, 1.82) is 0 Å². The first-order valence-corrected chi connectivity index (χ1v) is 3.76. The van der Waals surface area contributed by atoms with Crippen LogP contribution >= 0.6 is 12.4 Å². The van der Waals surface area contributed by atoms with E-state index in [1.807, 2.05) is 19.1 Å². The van der Waals surface area contributed by atoms with Gasteiger partial charge < -0.3 is 15.9 Å². The second-order valence-corrected chi connectivity index (χ2v) is 2.63. The minimum Gasteiger partial charge on any atom is -0.465 e. The van der Waals surface area contributed by atoms with E-state index >= 15 is 0 Å². The summed E-state index contributed by atoms with van der Waals surface area (Å²) < 4.78 is 5.32. The van der Waals surface area contributed by atoms with Crippen LogP contribution in [0.15, 0.2) is 16.5 Å². The highest BCUT2D eigenvalue weighted by Gasteiger charge is 2.07. The molecule has 3 nitrogen and oxygen atoms in total. The van der Waals surface area contributed by atoms with Crippen LogP contribution in [0.3, 0.4) is 0 Å². The van der Waals surface area contributed by atoms with Crippen LogP contribution in [0.5, 0.6) is 0 Å². The van der Waals surface area contributed by atoms with Crippen molar-refractivity contribution in [3.05, 3.63) is 23.7 Å². The van der Waals surface area contributed by atoms with Crippen LogP contribution in [-0.4, -0.2) is 6.54 Å². The predicted molar refractivity (Wildman–Crippen MR) is 51.3 cm³/mol. The lowest BCUT2D eigenvalue weighted by atomic mass is 10.2. The number of nitrogens with two attached hydrogens (primary N) is 2. The van der Waals surface area contributed by atoms with E-state index < -0.39 is 0 Å². The summed E-state index contributed by atoms with van der Waals surface area (Å²) in [6.45, 7) is 2.50. The largest absolute Gasteiger partial charge is 0.465 e. The van der Waals surface area contributed by atoms with Crippen molar-refractivity contribution in [2.24, 2.45) is 11.5 Å². The molecule has 0 unspecified atom stereocenters. The quantitative estimate of drug-likeness (QED) is 0.757. The zero-order valence-electron chi connectivity index (χ0n) is 7.12. The maximum Gasteiger partial charge on any atom is 0.120 e. The van der Waals surface area contributed by atoms with E-state index in [0.717, 1.165) is 17.9 Å². The zero-order valence-corrected chi connectivity index (χ0v) is 7.93. The molecule has 1 aromatic rings. The molecule has 0 aliphatic carbocycles. The average molecular weight is 191 g/mol. The fourth-order valence-corrected chi connectivity index (χ4v) is 0.975. The van der Waals surface area contributed by atoms with Gasteiger partial charge in [-0.1, -0.05) is 0 Å². The predicted octanol–water partition coefficient (Wildman–Crippen LogP) is 1.36. The number of hydrogen-bond acceptors (Lipinski definition) is 3. The number of hydrogen-bond donors (Lipinski definition) is 2. The molecule has 0 spiro atoms. The second-order valence-electron chi connectivity index (χ2n) is 2.63. The molecule has 4 N–H and O–H groups in total. The van der Waals surface area contributed by atoms with Gasteiger partial charge in [0, 0.05) is 0 Å². The zero-order chi connectivity index (χ0) is 8.27. The maximum absolute atomic E-state index is 5.75. The number of aryl methyl sites for hydroxylation is 1. The Morgan fingerprint density at radius 2 is 2.17 bits per heavy atom. The Bertz CT molecular complexity index is 225. The Morgan fingerprint density at radius 3 is 2.58 bits per heavy atom. The lowest BCUT2D eigenvalue weighted by Gasteiger charge is -2.05. The Hall–Kier alpha value is -0.510. The van der Waals surface area contributed by atoms with Crippen LogP contribution in [-0.2, 0) is 0 Å². The lowest BCUT2D eigenvalue weighted by Crippen LogP contribution is -2.14. The van der Waals surface area contributed by atoms with E-state index in [1.54, 1.807) is 0 Å². The molecule has 0 aliphatic heterocycles. The molecule has 70 valence electrons. The Balaban J connectivity index is 0.00000121. The molecule has 0 fully saturated rings. The first-order valence-electron chi connectivity index (χ1n) is 3.76. The van der Waals surface area contributed by atoms with Gasteiger partial charge in [-0.3, -0.25) is 0 Å². The molecule has 0 amide bonds. The summed E-state index contributed by atoms with van der Waals surface area (Å²) in [5, 5.41) is 0. The number of halogens is 1. The van der Waals surface area contributed by atoms with E-state index in [1.165, 1.54) is 0 Å². The molecule has 1 rings (SSSR count). The van der Waals surface area contributed by atoms with Crippen LogP contribution < -0.4 is 11.5 Å². The summed E-state index contributed by atoms with van der Waals surface area (Å²) in [5.41, 5.74) is 11.1. The highest BCUT2D eigenvalue weighted by atomic mass is 35.5. The van der Waals surface area contributed by atoms with Crippen LogP contribution in [0.1, 0.15) is 24.0 Å². The van der Waals surface area contributed by atoms with Crippen molar-refractivity contribution in [1.82, 2.24) is 0 Å². The molecule has 1 aromatic heterocycles. The molecule has 0 aliphatic rings. The lowest BCUT2D eigenvalue weighted by molar-refractivity contribution is 0.437. The van der Waals surface area contributed by atoms with Crippen molar-refractivity contribution in [3.63, 3.8) is 0 Å². The van der Waals surface area contributed by atoms with Crippen LogP contribution in [0.2, 0.25) is 0 Å². The Labute approximate surface area is 78.5 Å². The summed E-state index contributed by atoms with van der Waals surface area (Å²) >= 11 is 0. The molecule has 0 bridgehead atoms. The third-order valence-electron chi connectivity index (χ3n) is 1.60. The van der Waals surface area contributed by atoms with Crippen molar-refractivity contribution in [3.8, 4) is 0 Å². The molecule has 0 aromatic carbocycles. The van der Waals surface area contributed by atoms with Gasteiger partial charge >= 0.3 is 0 Å². The SMILES string of the molecule is Cc1ccc([C@@H](N)CCN)o1.Cl. The molecular weight excluding hydrogens is 176 g/mol. The first kappa shape index (κ1) is 11.5. The van der Waals surface area contributed by atoms with Crippen LogP contribution in [0.25, 0.3) is 0 Å². The fourth-order valence-electron chi connectivity index (χ4n) is 0.975. The molecule has 1 atom stereocenters. The third kappa shape index (κ3) is 2.85. The molecule has 4 heteroatoms. The smallest absolute Gasteiger partial charge is 0.120 e. The third-order valence-corrected chi connectivity index (χ3v) is 1.60. The van der Waals surface area contributed by atoms with E-state index in [4.69, 9.17) is 15.9 Å². The van der Waals surface area contributed by atoms with Crippen molar-refractivity contribution in [2.75, 3.05) is 6.54 Å². The fraction of sp³-hybridized carbons (Fsp3) is 0.500. The normalized spacial score (nSPS) is 12.2. The summed E-state index contributed by atoms with van der Waals surface area (Å²) in [7, 11) is 0. The number of furan rings is 1. The van der Waals surface area contributed by atoms with Crippen LogP contribution in [0.4, 0.5) is 0 Å². The summed E-state index contributed by atoms with van der Waals surface area (Å²) in [5.74, 6) is 1.72. The standard InChI is InChI=1S/C8H14N2O.ClH/c1-6-2-3-8(11-6)7(10)4-5-9;/h2-3,7H,4-5,9-10H2,1H3;1H/t7-;/m0./s1. The number of rotatable bonds is 3.